The van der Waals surface area contributed by atoms with Crippen LogP contribution in [0.4, 0.5) is 5.69 Å². The van der Waals surface area contributed by atoms with Crippen LogP contribution >= 0.6 is 0 Å². The fourth-order valence-corrected chi connectivity index (χ4v) is 2.87. The molecule has 136 valence electrons. The Balaban J connectivity index is 1.52. The van der Waals surface area contributed by atoms with E-state index in [0.717, 1.165) is 37.2 Å². The van der Waals surface area contributed by atoms with Crippen molar-refractivity contribution < 1.29 is 14.6 Å². The third kappa shape index (κ3) is 5.63. The molecule has 1 saturated heterocycles. The smallest absolute Gasteiger partial charge is 0.248 e. The lowest BCUT2D eigenvalue weighted by molar-refractivity contribution is -0.111. The van der Waals surface area contributed by atoms with Crippen molar-refractivity contribution in [2.45, 2.75) is 12.8 Å². The summed E-state index contributed by atoms with van der Waals surface area (Å²) in [4.78, 5) is 12.1. The van der Waals surface area contributed by atoms with Gasteiger partial charge in [0, 0.05) is 17.8 Å². The first-order valence-corrected chi connectivity index (χ1v) is 8.91. The number of benzene rings is 2. The molecule has 2 aromatic carbocycles. The van der Waals surface area contributed by atoms with Crippen molar-refractivity contribution in [3.05, 3.63) is 60.2 Å². The largest absolute Gasteiger partial charge is 0.508 e. The molecule has 1 amide bonds. The number of nitrogens with one attached hydrogen (secondary N) is 2. The number of phenolic OH excluding ortho intramolecular Hbond substituents is 1. The zero-order valence-corrected chi connectivity index (χ0v) is 14.7. The lowest BCUT2D eigenvalue weighted by Gasteiger charge is -2.22. The fraction of sp³-hybridized carbons (Fsp3) is 0.286. The van der Waals surface area contributed by atoms with E-state index in [0.29, 0.717) is 18.2 Å². The van der Waals surface area contributed by atoms with Crippen LogP contribution in [0.2, 0.25) is 0 Å². The molecular weight excluding hydrogens is 328 g/mol. The van der Waals surface area contributed by atoms with Crippen molar-refractivity contribution in [2.24, 2.45) is 5.92 Å². The van der Waals surface area contributed by atoms with Gasteiger partial charge in [0.05, 0.1) is 6.61 Å². The molecule has 0 unspecified atom stereocenters. The van der Waals surface area contributed by atoms with Gasteiger partial charge in [0.1, 0.15) is 11.5 Å². The van der Waals surface area contributed by atoms with Crippen molar-refractivity contribution in [3.63, 3.8) is 0 Å². The van der Waals surface area contributed by atoms with E-state index in [1.54, 1.807) is 30.3 Å². The maximum atomic E-state index is 12.1. The standard InChI is InChI=1S/C21H24N2O3/c24-19-7-4-16(5-8-19)6-9-21(25)23-18-2-1-3-20(14-18)26-15-17-10-12-22-13-11-17/h1-9,14,17,22,24H,10-13,15H2,(H,23,25)/b9-6+. The van der Waals surface area contributed by atoms with E-state index < -0.39 is 0 Å². The number of piperidine rings is 1. The van der Waals surface area contributed by atoms with Crippen LogP contribution in [0.15, 0.2) is 54.6 Å². The van der Waals surface area contributed by atoms with Gasteiger partial charge >= 0.3 is 0 Å². The molecule has 1 aliphatic heterocycles. The van der Waals surface area contributed by atoms with Crippen LogP contribution in [0.5, 0.6) is 11.5 Å². The molecule has 1 aliphatic rings. The van der Waals surface area contributed by atoms with Crippen LogP contribution in [0, 0.1) is 5.92 Å². The third-order valence-electron chi connectivity index (χ3n) is 4.37. The van der Waals surface area contributed by atoms with E-state index in [1.165, 1.54) is 6.08 Å². The number of anilines is 1. The molecular formula is C21H24N2O3. The van der Waals surface area contributed by atoms with Gasteiger partial charge in [-0.1, -0.05) is 18.2 Å². The lowest BCUT2D eigenvalue weighted by atomic mass is 9.99. The topological polar surface area (TPSA) is 70.6 Å². The predicted octanol–water partition coefficient (Wildman–Crippen LogP) is 3.42. The number of ether oxygens (including phenoxy) is 1. The molecule has 1 fully saturated rings. The number of amides is 1. The van der Waals surface area contributed by atoms with Crippen molar-refractivity contribution in [3.8, 4) is 11.5 Å². The van der Waals surface area contributed by atoms with E-state index in [1.807, 2.05) is 24.3 Å². The molecule has 0 aliphatic carbocycles. The zero-order chi connectivity index (χ0) is 18.2. The highest BCUT2D eigenvalue weighted by atomic mass is 16.5. The molecule has 0 spiro atoms. The quantitative estimate of drug-likeness (QED) is 0.697. The molecule has 0 bridgehead atoms. The highest BCUT2D eigenvalue weighted by molar-refractivity contribution is 6.02. The molecule has 0 radical (unpaired) electrons. The minimum atomic E-state index is -0.214. The summed E-state index contributed by atoms with van der Waals surface area (Å²) in [5, 5.41) is 15.4. The Morgan fingerprint density at radius 3 is 2.73 bits per heavy atom. The summed E-state index contributed by atoms with van der Waals surface area (Å²) < 4.78 is 5.89. The molecule has 0 atom stereocenters. The maximum absolute atomic E-state index is 12.1. The normalized spacial score (nSPS) is 15.1. The Bertz CT molecular complexity index is 750. The van der Waals surface area contributed by atoms with Gasteiger partial charge in [0.2, 0.25) is 5.91 Å². The number of carbonyl (C=O) groups excluding carboxylic acids is 1. The van der Waals surface area contributed by atoms with Crippen LogP contribution in [0.3, 0.4) is 0 Å². The van der Waals surface area contributed by atoms with E-state index >= 15 is 0 Å². The Hall–Kier alpha value is -2.79. The molecule has 0 saturated carbocycles. The number of hydrogen-bond donors (Lipinski definition) is 3. The van der Waals surface area contributed by atoms with E-state index in [9.17, 15) is 9.90 Å². The Morgan fingerprint density at radius 2 is 1.96 bits per heavy atom. The summed E-state index contributed by atoms with van der Waals surface area (Å²) in [5.41, 5.74) is 1.55. The van der Waals surface area contributed by atoms with Gasteiger partial charge in [-0.3, -0.25) is 4.79 Å². The van der Waals surface area contributed by atoms with Gasteiger partial charge in [-0.05, 0) is 67.8 Å². The fourth-order valence-electron chi connectivity index (χ4n) is 2.87. The molecule has 3 N–H and O–H groups in total. The average Bonchev–Trinajstić information content (AvgIpc) is 2.67. The summed E-state index contributed by atoms with van der Waals surface area (Å²) in [6.07, 6.45) is 5.44. The second-order valence-electron chi connectivity index (χ2n) is 6.45. The highest BCUT2D eigenvalue weighted by Crippen LogP contribution is 2.20. The summed E-state index contributed by atoms with van der Waals surface area (Å²) in [6.45, 7) is 2.81. The highest BCUT2D eigenvalue weighted by Gasteiger charge is 2.13. The van der Waals surface area contributed by atoms with Crippen LogP contribution in [0.25, 0.3) is 6.08 Å². The number of hydrogen-bond acceptors (Lipinski definition) is 4. The molecule has 3 rings (SSSR count). The molecule has 5 heteroatoms. The molecule has 1 heterocycles. The number of carbonyl (C=O) groups is 1. The van der Waals surface area contributed by atoms with E-state index in [4.69, 9.17) is 4.74 Å². The first-order chi connectivity index (χ1) is 12.7. The van der Waals surface area contributed by atoms with Crippen molar-refractivity contribution in [1.29, 1.82) is 0 Å². The SMILES string of the molecule is O=C(/C=C/c1ccc(O)cc1)Nc1cccc(OCC2CCNCC2)c1. The minimum absolute atomic E-state index is 0.202. The molecule has 26 heavy (non-hydrogen) atoms. The molecule has 5 nitrogen and oxygen atoms in total. The average molecular weight is 352 g/mol. The van der Waals surface area contributed by atoms with Crippen LogP contribution < -0.4 is 15.4 Å². The van der Waals surface area contributed by atoms with E-state index in [2.05, 4.69) is 10.6 Å². The molecule has 0 aromatic heterocycles. The van der Waals surface area contributed by atoms with Crippen LogP contribution in [-0.4, -0.2) is 30.7 Å². The number of aromatic hydroxyl groups is 1. The summed E-state index contributed by atoms with van der Waals surface area (Å²) in [5.74, 6) is 1.34. The van der Waals surface area contributed by atoms with Gasteiger partial charge < -0.3 is 20.5 Å². The monoisotopic (exact) mass is 352 g/mol. The summed E-state index contributed by atoms with van der Waals surface area (Å²) >= 11 is 0. The van der Waals surface area contributed by atoms with Crippen LogP contribution in [-0.2, 0) is 4.79 Å². The van der Waals surface area contributed by atoms with Gasteiger partial charge in [-0.25, -0.2) is 0 Å². The van der Waals surface area contributed by atoms with Gasteiger partial charge in [0.25, 0.3) is 0 Å². The first kappa shape index (κ1) is 18.0. The Kier molecular flexibility index (Phi) is 6.28. The Morgan fingerprint density at radius 1 is 1.19 bits per heavy atom. The summed E-state index contributed by atoms with van der Waals surface area (Å²) in [7, 11) is 0. The Labute approximate surface area is 153 Å². The van der Waals surface area contributed by atoms with Crippen molar-refractivity contribution in [1.82, 2.24) is 5.32 Å². The zero-order valence-electron chi connectivity index (χ0n) is 14.7. The van der Waals surface area contributed by atoms with Gasteiger partial charge in [0.15, 0.2) is 0 Å². The maximum Gasteiger partial charge on any atom is 0.248 e. The lowest BCUT2D eigenvalue weighted by Crippen LogP contribution is -2.30. The predicted molar refractivity (Wildman–Crippen MR) is 103 cm³/mol. The van der Waals surface area contributed by atoms with E-state index in [-0.39, 0.29) is 11.7 Å². The van der Waals surface area contributed by atoms with Crippen molar-refractivity contribution >= 4 is 17.7 Å². The first-order valence-electron chi connectivity index (χ1n) is 8.91. The minimum Gasteiger partial charge on any atom is -0.508 e. The number of phenols is 1. The molecule has 2 aromatic rings. The van der Waals surface area contributed by atoms with Gasteiger partial charge in [-0.2, -0.15) is 0 Å². The van der Waals surface area contributed by atoms with Crippen molar-refractivity contribution in [2.75, 3.05) is 25.0 Å². The van der Waals surface area contributed by atoms with Crippen LogP contribution in [0.1, 0.15) is 18.4 Å². The summed E-state index contributed by atoms with van der Waals surface area (Å²) in [6, 6.07) is 14.1. The number of rotatable bonds is 6. The second kappa shape index (κ2) is 9.06. The third-order valence-corrected chi connectivity index (χ3v) is 4.37. The second-order valence-corrected chi connectivity index (χ2v) is 6.45. The van der Waals surface area contributed by atoms with Gasteiger partial charge in [-0.15, -0.1) is 0 Å².